The van der Waals surface area contributed by atoms with Crippen LogP contribution in [0, 0.1) is 11.7 Å². The van der Waals surface area contributed by atoms with Gasteiger partial charge in [0.2, 0.25) is 5.91 Å². The Balaban J connectivity index is 1.37. The summed E-state index contributed by atoms with van der Waals surface area (Å²) in [4.78, 5) is 42.2. The molecule has 4 aliphatic rings. The number of nitrogens with one attached hydrogen (secondary N) is 3. The number of hydrogen-bond acceptors (Lipinski definition) is 5. The molecule has 33 heavy (non-hydrogen) atoms. The molecular formula is C23H26FN5O3S. The molecule has 0 aliphatic carbocycles. The predicted molar refractivity (Wildman–Crippen MR) is 124 cm³/mol. The number of carbonyl (C=O) groups excluding carboxylic acids is 3. The van der Waals surface area contributed by atoms with Crippen molar-refractivity contribution >= 4 is 35.3 Å². The van der Waals surface area contributed by atoms with Gasteiger partial charge in [-0.2, -0.15) is 0 Å². The van der Waals surface area contributed by atoms with Gasteiger partial charge in [-0.1, -0.05) is 18.3 Å². The van der Waals surface area contributed by atoms with Crippen molar-refractivity contribution < 1.29 is 18.8 Å². The quantitative estimate of drug-likeness (QED) is 0.584. The van der Waals surface area contributed by atoms with E-state index in [9.17, 15) is 18.8 Å². The van der Waals surface area contributed by atoms with Gasteiger partial charge >= 0.3 is 6.03 Å². The first-order chi connectivity index (χ1) is 16.0. The van der Waals surface area contributed by atoms with Crippen LogP contribution in [0.1, 0.15) is 19.3 Å². The van der Waals surface area contributed by atoms with Crippen LogP contribution < -0.4 is 20.9 Å². The predicted octanol–water partition coefficient (Wildman–Crippen LogP) is 1.91. The van der Waals surface area contributed by atoms with Crippen LogP contribution in [-0.4, -0.2) is 59.8 Å². The van der Waals surface area contributed by atoms with Gasteiger partial charge in [-0.25, -0.2) is 9.18 Å². The smallest absolute Gasteiger partial charge is 0.326 e. The summed E-state index contributed by atoms with van der Waals surface area (Å²) in [5, 5.41) is 9.44. The second kappa shape index (κ2) is 8.83. The lowest BCUT2D eigenvalue weighted by molar-refractivity contribution is -0.128. The number of nitrogens with zero attached hydrogens (tertiary/aromatic N) is 2. The fourth-order valence-electron chi connectivity index (χ4n) is 5.20. The van der Waals surface area contributed by atoms with Gasteiger partial charge in [0.1, 0.15) is 5.82 Å². The van der Waals surface area contributed by atoms with Gasteiger partial charge in [-0.15, -0.1) is 0 Å². The lowest BCUT2D eigenvalue weighted by Crippen LogP contribution is -2.62. The summed E-state index contributed by atoms with van der Waals surface area (Å²) in [6.07, 6.45) is 3.62. The van der Waals surface area contributed by atoms with Gasteiger partial charge in [-0.3, -0.25) is 14.5 Å². The van der Waals surface area contributed by atoms with Gasteiger partial charge in [0.25, 0.3) is 5.91 Å². The highest BCUT2D eigenvalue weighted by Gasteiger charge is 2.51. The number of likely N-dealkylation sites (tertiary alicyclic amines) is 1. The largest absolute Gasteiger partial charge is 0.347 e. The van der Waals surface area contributed by atoms with Crippen LogP contribution in [0.4, 0.5) is 14.9 Å². The molecule has 4 aliphatic heterocycles. The molecule has 1 aromatic carbocycles. The van der Waals surface area contributed by atoms with E-state index in [1.54, 1.807) is 21.9 Å². The number of hydrogen-bond donors (Lipinski definition) is 3. The molecule has 3 saturated heterocycles. The molecule has 5 rings (SSSR count). The van der Waals surface area contributed by atoms with Crippen molar-refractivity contribution in [3.63, 3.8) is 0 Å². The molecule has 1 aromatic rings. The monoisotopic (exact) mass is 471 g/mol. The number of anilines is 1. The third-order valence-corrected chi connectivity index (χ3v) is 8.05. The topological polar surface area (TPSA) is 93.8 Å². The number of carbonyl (C=O) groups is 3. The SMILES string of the molecule is C=CC(=O)N1CCC[C@@H](NC(=O)C2=C3NC(=O)N(c4ccc(F)cc4)C4CCNC(S2)C34)C1. The Hall–Kier alpha value is -2.85. The Morgan fingerprint density at radius 2 is 2.03 bits per heavy atom. The van der Waals surface area contributed by atoms with Gasteiger partial charge in [0.05, 0.1) is 16.3 Å². The third-order valence-electron chi connectivity index (χ3n) is 6.70. The molecule has 3 unspecified atom stereocenters. The fraction of sp³-hybridized carbons (Fsp3) is 0.435. The van der Waals surface area contributed by atoms with Crippen LogP contribution >= 0.6 is 11.8 Å². The molecule has 4 heterocycles. The number of urea groups is 1. The van der Waals surface area contributed by atoms with Crippen molar-refractivity contribution in [2.45, 2.75) is 36.7 Å². The standard InChI is InChI=1S/C23H26FN5O3S/c1-2-17(30)28-11-3-4-14(12-28)26-21(31)20-19-18-16(9-10-25-22(18)33-20)29(23(32)27-19)15-7-5-13(24)6-8-15/h2,5-8,14,16,18,22,25H,1,3-4,9-12H2,(H,26,31)(H,27,32)/t14-,16?,18?,22?/m1/s1. The van der Waals surface area contributed by atoms with Gasteiger partial charge < -0.3 is 20.9 Å². The summed E-state index contributed by atoms with van der Waals surface area (Å²) in [6, 6.07) is 5.32. The number of thioether (sulfide) groups is 1. The Morgan fingerprint density at radius 3 is 2.79 bits per heavy atom. The van der Waals surface area contributed by atoms with Crippen molar-refractivity contribution in [3.05, 3.63) is 53.3 Å². The van der Waals surface area contributed by atoms with Crippen molar-refractivity contribution in [1.29, 1.82) is 0 Å². The molecule has 3 fully saturated rings. The van der Waals surface area contributed by atoms with E-state index in [-0.39, 0.29) is 47.0 Å². The van der Waals surface area contributed by atoms with Crippen molar-refractivity contribution in [2.24, 2.45) is 5.92 Å². The molecule has 0 bridgehead atoms. The summed E-state index contributed by atoms with van der Waals surface area (Å²) in [5.41, 5.74) is 1.29. The average Bonchev–Trinajstić information content (AvgIpc) is 3.19. The minimum absolute atomic E-state index is 0.0340. The molecule has 174 valence electrons. The lowest BCUT2D eigenvalue weighted by atomic mass is 9.86. The Labute approximate surface area is 195 Å². The summed E-state index contributed by atoms with van der Waals surface area (Å²) in [5.74, 6) is -0.785. The van der Waals surface area contributed by atoms with Crippen LogP contribution in [0.3, 0.4) is 0 Å². The lowest BCUT2D eigenvalue weighted by Gasteiger charge is -2.45. The maximum atomic E-state index is 13.4. The van der Waals surface area contributed by atoms with Gasteiger partial charge in [0, 0.05) is 36.4 Å². The van der Waals surface area contributed by atoms with Gasteiger partial charge in [0.15, 0.2) is 0 Å². The Morgan fingerprint density at radius 1 is 1.24 bits per heavy atom. The normalized spacial score (nSPS) is 28.8. The highest BCUT2D eigenvalue weighted by molar-refractivity contribution is 8.04. The van der Waals surface area contributed by atoms with Crippen LogP contribution in [-0.2, 0) is 9.59 Å². The molecule has 0 saturated carbocycles. The van der Waals surface area contributed by atoms with Crippen LogP contribution in [0.15, 0.2) is 47.5 Å². The Kier molecular flexibility index (Phi) is 5.88. The van der Waals surface area contributed by atoms with Gasteiger partial charge in [-0.05, 0) is 56.1 Å². The summed E-state index contributed by atoms with van der Waals surface area (Å²) < 4.78 is 13.4. The molecular weight excluding hydrogens is 445 g/mol. The first-order valence-electron chi connectivity index (χ1n) is 11.2. The van der Waals surface area contributed by atoms with E-state index >= 15 is 0 Å². The molecule has 0 spiro atoms. The number of piperidine rings is 2. The zero-order chi connectivity index (χ0) is 23.1. The second-order valence-corrected chi connectivity index (χ2v) is 9.85. The molecule has 0 aromatic heterocycles. The minimum Gasteiger partial charge on any atom is -0.347 e. The number of benzene rings is 1. The average molecular weight is 472 g/mol. The maximum absolute atomic E-state index is 13.4. The molecule has 4 atom stereocenters. The number of rotatable bonds is 4. The van der Waals surface area contributed by atoms with E-state index in [1.807, 2.05) is 0 Å². The molecule has 0 radical (unpaired) electrons. The third kappa shape index (κ3) is 4.02. The first kappa shape index (κ1) is 22.0. The summed E-state index contributed by atoms with van der Waals surface area (Å²) >= 11 is 1.44. The van der Waals surface area contributed by atoms with E-state index in [0.29, 0.717) is 35.9 Å². The van der Waals surface area contributed by atoms with Crippen LogP contribution in [0.25, 0.3) is 0 Å². The summed E-state index contributed by atoms with van der Waals surface area (Å²) in [6.45, 7) is 5.36. The summed E-state index contributed by atoms with van der Waals surface area (Å²) in [7, 11) is 0. The molecule has 10 heteroatoms. The van der Waals surface area contributed by atoms with Crippen LogP contribution in [0.2, 0.25) is 0 Å². The Bertz CT molecular complexity index is 1030. The second-order valence-electron chi connectivity index (χ2n) is 8.69. The van der Waals surface area contributed by atoms with E-state index in [0.717, 1.165) is 19.3 Å². The zero-order valence-corrected chi connectivity index (χ0v) is 18.9. The molecule has 8 nitrogen and oxygen atoms in total. The highest BCUT2D eigenvalue weighted by atomic mass is 32.2. The van der Waals surface area contributed by atoms with Crippen LogP contribution in [0.5, 0.6) is 0 Å². The zero-order valence-electron chi connectivity index (χ0n) is 18.1. The molecule has 4 amide bonds. The molecule has 3 N–H and O–H groups in total. The first-order valence-corrected chi connectivity index (χ1v) is 12.1. The van der Waals surface area contributed by atoms with E-state index in [1.165, 1.54) is 30.0 Å². The number of amides is 4. The van der Waals surface area contributed by atoms with E-state index in [2.05, 4.69) is 22.5 Å². The van der Waals surface area contributed by atoms with Crippen molar-refractivity contribution in [1.82, 2.24) is 20.9 Å². The van der Waals surface area contributed by atoms with E-state index < -0.39 is 0 Å². The fourth-order valence-corrected chi connectivity index (χ4v) is 6.60. The minimum atomic E-state index is -0.355. The van der Waals surface area contributed by atoms with Crippen molar-refractivity contribution in [3.8, 4) is 0 Å². The maximum Gasteiger partial charge on any atom is 0.326 e. The van der Waals surface area contributed by atoms with E-state index in [4.69, 9.17) is 0 Å². The highest BCUT2D eigenvalue weighted by Crippen LogP contribution is 2.47. The van der Waals surface area contributed by atoms with Crippen molar-refractivity contribution in [2.75, 3.05) is 24.5 Å². The number of halogens is 1.